The Bertz CT molecular complexity index is 1410. The van der Waals surface area contributed by atoms with E-state index in [-0.39, 0.29) is 30.0 Å². The minimum absolute atomic E-state index is 0.147. The van der Waals surface area contributed by atoms with Crippen molar-refractivity contribution in [2.24, 2.45) is 11.8 Å². The molecule has 4 rings (SSSR count). The zero-order valence-electron chi connectivity index (χ0n) is 22.3. The maximum atomic E-state index is 15.0. The summed E-state index contributed by atoms with van der Waals surface area (Å²) in [6.07, 6.45) is -4.87. The Morgan fingerprint density at radius 1 is 0.738 bits per heavy atom. The molecule has 226 valence electrons. The first-order chi connectivity index (χ1) is 19.7. The summed E-state index contributed by atoms with van der Waals surface area (Å²) in [7, 11) is 0. The minimum Gasteiger partial charge on any atom is -0.432 e. The molecule has 0 heterocycles. The zero-order chi connectivity index (χ0) is 30.8. The molecule has 0 atom stereocenters. The first-order valence-electron chi connectivity index (χ1n) is 13.3. The van der Waals surface area contributed by atoms with Gasteiger partial charge in [0.25, 0.3) is 0 Å². The molecule has 3 aromatic carbocycles. The van der Waals surface area contributed by atoms with Gasteiger partial charge in [-0.3, -0.25) is 0 Å². The highest BCUT2D eigenvalue weighted by Gasteiger charge is 2.44. The number of hydrogen-bond donors (Lipinski definition) is 0. The van der Waals surface area contributed by atoms with E-state index < -0.39 is 75.8 Å². The topological polar surface area (TPSA) is 9.23 Å². The summed E-state index contributed by atoms with van der Waals surface area (Å²) in [5.74, 6) is -7.93. The number of alkyl halides is 5. The summed E-state index contributed by atoms with van der Waals surface area (Å²) in [6.45, 7) is 2.03. The lowest BCUT2D eigenvalue weighted by Gasteiger charge is -2.33. The van der Waals surface area contributed by atoms with E-state index >= 15 is 0 Å². The molecule has 0 N–H and O–H groups in total. The molecule has 1 aliphatic carbocycles. The standard InChI is InChI=1S/C31H26F10O/c1-2-3-17-4-6-20(7-5-17)31(40,41)42-21-8-9-22(26(34)16-21)18-12-27(35)29(28(36)13-18)19-14-24(32)23(25(33)15-19)10-11-30(37,38)39/h8-17,20H,2-7H2,1H3/b11-10+. The van der Waals surface area contributed by atoms with Crippen molar-refractivity contribution in [3.8, 4) is 28.0 Å². The molecule has 1 aliphatic rings. The van der Waals surface area contributed by atoms with Crippen LogP contribution in [0.5, 0.6) is 5.75 Å². The molecule has 0 unspecified atom stereocenters. The molecule has 11 heteroatoms. The first-order valence-corrected chi connectivity index (χ1v) is 13.3. The van der Waals surface area contributed by atoms with E-state index in [1.165, 1.54) is 0 Å². The van der Waals surface area contributed by atoms with Gasteiger partial charge in [0.1, 0.15) is 34.8 Å². The van der Waals surface area contributed by atoms with Gasteiger partial charge in [0, 0.05) is 23.3 Å². The smallest absolute Gasteiger partial charge is 0.409 e. The molecule has 0 aromatic heterocycles. The van der Waals surface area contributed by atoms with Crippen molar-refractivity contribution >= 4 is 6.08 Å². The molecule has 1 fully saturated rings. The van der Waals surface area contributed by atoms with Crippen LogP contribution in [0, 0.1) is 40.9 Å². The first kappa shape index (κ1) is 31.4. The Balaban J connectivity index is 1.55. The van der Waals surface area contributed by atoms with Gasteiger partial charge < -0.3 is 4.74 Å². The average molecular weight is 605 g/mol. The fourth-order valence-electron chi connectivity index (χ4n) is 5.30. The average Bonchev–Trinajstić information content (AvgIpc) is 2.87. The highest BCUT2D eigenvalue weighted by molar-refractivity contribution is 5.73. The molecular weight excluding hydrogens is 578 g/mol. The molecule has 1 saturated carbocycles. The van der Waals surface area contributed by atoms with Crippen LogP contribution in [0.25, 0.3) is 28.3 Å². The van der Waals surface area contributed by atoms with Crippen LogP contribution in [-0.2, 0) is 0 Å². The molecule has 42 heavy (non-hydrogen) atoms. The molecule has 0 bridgehead atoms. The molecule has 0 saturated heterocycles. The SMILES string of the molecule is CCCC1CCC(C(F)(F)Oc2ccc(-c3cc(F)c(-c4cc(F)c(/C=C/C(F)(F)F)c(F)c4)c(F)c3)c(F)c2)CC1. The maximum absolute atomic E-state index is 15.0. The number of halogens is 10. The Hall–Kier alpha value is -3.50. The van der Waals surface area contributed by atoms with Gasteiger partial charge in [0.2, 0.25) is 0 Å². The zero-order valence-corrected chi connectivity index (χ0v) is 22.3. The van der Waals surface area contributed by atoms with E-state index in [1.54, 1.807) is 0 Å². The number of benzene rings is 3. The highest BCUT2D eigenvalue weighted by atomic mass is 19.4. The van der Waals surface area contributed by atoms with Gasteiger partial charge in [-0.25, -0.2) is 22.0 Å². The molecule has 0 amide bonds. The van der Waals surface area contributed by atoms with Crippen molar-refractivity contribution in [2.45, 2.75) is 57.7 Å². The number of allylic oxidation sites excluding steroid dienone is 1. The van der Waals surface area contributed by atoms with E-state index in [9.17, 15) is 43.9 Å². The minimum atomic E-state index is -4.85. The van der Waals surface area contributed by atoms with Gasteiger partial charge in [0.15, 0.2) is 0 Å². The monoisotopic (exact) mass is 604 g/mol. The Morgan fingerprint density at radius 2 is 1.31 bits per heavy atom. The van der Waals surface area contributed by atoms with E-state index in [0.29, 0.717) is 49.1 Å². The van der Waals surface area contributed by atoms with Crippen LogP contribution in [-0.4, -0.2) is 12.3 Å². The van der Waals surface area contributed by atoms with Crippen molar-refractivity contribution < 1.29 is 48.6 Å². The second kappa shape index (κ2) is 12.4. The van der Waals surface area contributed by atoms with Crippen LogP contribution in [0.2, 0.25) is 0 Å². The van der Waals surface area contributed by atoms with Gasteiger partial charge in [-0.05, 0) is 85.2 Å². The van der Waals surface area contributed by atoms with Crippen molar-refractivity contribution in [3.05, 3.63) is 83.2 Å². The fraction of sp³-hybridized carbons (Fsp3) is 0.355. The second-order valence-electron chi connectivity index (χ2n) is 10.4. The van der Waals surface area contributed by atoms with Gasteiger partial charge in [-0.1, -0.05) is 19.8 Å². The lowest BCUT2D eigenvalue weighted by molar-refractivity contribution is -0.223. The van der Waals surface area contributed by atoms with Crippen molar-refractivity contribution in [2.75, 3.05) is 0 Å². The van der Waals surface area contributed by atoms with Crippen molar-refractivity contribution in [1.29, 1.82) is 0 Å². The maximum Gasteiger partial charge on any atom is 0.409 e. The van der Waals surface area contributed by atoms with Gasteiger partial charge in [-0.15, -0.1) is 0 Å². The van der Waals surface area contributed by atoms with Crippen LogP contribution in [0.4, 0.5) is 43.9 Å². The Kier molecular flexibility index (Phi) is 9.27. The van der Waals surface area contributed by atoms with E-state index in [0.717, 1.165) is 25.0 Å². The molecule has 1 nitrogen and oxygen atoms in total. The third-order valence-electron chi connectivity index (χ3n) is 7.37. The summed E-state index contributed by atoms with van der Waals surface area (Å²) in [5.41, 5.74) is -3.32. The van der Waals surface area contributed by atoms with Gasteiger partial charge >= 0.3 is 12.3 Å². The van der Waals surface area contributed by atoms with E-state index in [1.807, 2.05) is 6.92 Å². The van der Waals surface area contributed by atoms with E-state index in [2.05, 4.69) is 0 Å². The van der Waals surface area contributed by atoms with Crippen LogP contribution in [0.1, 0.15) is 51.0 Å². The molecule has 0 spiro atoms. The molecular formula is C31H26F10O. The normalized spacial score (nSPS) is 18.1. The molecule has 0 radical (unpaired) electrons. The van der Waals surface area contributed by atoms with Gasteiger partial charge in [-0.2, -0.15) is 22.0 Å². The van der Waals surface area contributed by atoms with Crippen molar-refractivity contribution in [1.82, 2.24) is 0 Å². The van der Waals surface area contributed by atoms with Gasteiger partial charge in [0.05, 0.1) is 11.5 Å². The summed E-state index contributed by atoms with van der Waals surface area (Å²) >= 11 is 0. The number of hydrogen-bond acceptors (Lipinski definition) is 1. The predicted molar refractivity (Wildman–Crippen MR) is 138 cm³/mol. The quantitative estimate of drug-likeness (QED) is 0.233. The molecule has 3 aromatic rings. The lowest BCUT2D eigenvalue weighted by Crippen LogP contribution is -2.37. The summed E-state index contributed by atoms with van der Waals surface area (Å²) in [4.78, 5) is 0. The number of rotatable bonds is 8. The Labute approximate surface area is 235 Å². The van der Waals surface area contributed by atoms with Crippen LogP contribution in [0.15, 0.2) is 48.5 Å². The third-order valence-corrected chi connectivity index (χ3v) is 7.37. The summed E-state index contributed by atoms with van der Waals surface area (Å²) < 4.78 is 145. The molecule has 0 aliphatic heterocycles. The Morgan fingerprint density at radius 3 is 1.83 bits per heavy atom. The lowest BCUT2D eigenvalue weighted by atomic mass is 9.79. The third kappa shape index (κ3) is 7.28. The number of ether oxygens (including phenoxy) is 1. The van der Waals surface area contributed by atoms with Crippen LogP contribution < -0.4 is 4.74 Å². The fourth-order valence-corrected chi connectivity index (χ4v) is 5.30. The van der Waals surface area contributed by atoms with Crippen molar-refractivity contribution in [3.63, 3.8) is 0 Å². The van der Waals surface area contributed by atoms with E-state index in [4.69, 9.17) is 4.74 Å². The summed E-state index contributed by atoms with van der Waals surface area (Å²) in [5, 5.41) is 0. The summed E-state index contributed by atoms with van der Waals surface area (Å²) in [6, 6.07) is 4.99. The predicted octanol–water partition coefficient (Wildman–Crippen LogP) is 10.9. The largest absolute Gasteiger partial charge is 0.432 e. The van der Waals surface area contributed by atoms with Crippen LogP contribution in [0.3, 0.4) is 0 Å². The second-order valence-corrected chi connectivity index (χ2v) is 10.4. The highest BCUT2D eigenvalue weighted by Crippen LogP contribution is 2.42. The van der Waals surface area contributed by atoms with Crippen LogP contribution >= 0.6 is 0 Å².